The molecule has 0 aliphatic heterocycles. The standard InChI is InChI=1S/C13H18FNO/c1-3-5-10(2)15-13(16)9-11-6-4-7-12(14)8-11/h4,6-8,10H,3,5,9H2,1-2H3,(H,15,16). The van der Waals surface area contributed by atoms with Crippen LogP contribution in [0.3, 0.4) is 0 Å². The van der Waals surface area contributed by atoms with Gasteiger partial charge in [-0.25, -0.2) is 4.39 Å². The number of rotatable bonds is 5. The van der Waals surface area contributed by atoms with Gasteiger partial charge in [0.2, 0.25) is 5.91 Å². The number of halogens is 1. The predicted molar refractivity (Wildman–Crippen MR) is 62.6 cm³/mol. The number of amides is 1. The molecule has 0 heterocycles. The molecular weight excluding hydrogens is 205 g/mol. The Morgan fingerprint density at radius 1 is 1.50 bits per heavy atom. The molecular formula is C13H18FNO. The molecule has 88 valence electrons. The molecule has 1 rings (SSSR count). The lowest BCUT2D eigenvalue weighted by atomic mass is 10.1. The van der Waals surface area contributed by atoms with Crippen molar-refractivity contribution in [3.63, 3.8) is 0 Å². The van der Waals surface area contributed by atoms with E-state index < -0.39 is 0 Å². The molecule has 0 aromatic heterocycles. The van der Waals surface area contributed by atoms with E-state index in [4.69, 9.17) is 0 Å². The lowest BCUT2D eigenvalue weighted by Gasteiger charge is -2.12. The van der Waals surface area contributed by atoms with Gasteiger partial charge in [-0.1, -0.05) is 25.5 Å². The van der Waals surface area contributed by atoms with Crippen molar-refractivity contribution < 1.29 is 9.18 Å². The maximum absolute atomic E-state index is 12.9. The molecule has 0 saturated heterocycles. The van der Waals surface area contributed by atoms with Gasteiger partial charge in [-0.3, -0.25) is 4.79 Å². The van der Waals surface area contributed by atoms with Crippen molar-refractivity contribution in [2.24, 2.45) is 0 Å². The largest absolute Gasteiger partial charge is 0.353 e. The third-order valence-corrected chi connectivity index (χ3v) is 2.38. The average molecular weight is 223 g/mol. The molecule has 0 radical (unpaired) electrons. The molecule has 0 fully saturated rings. The van der Waals surface area contributed by atoms with Gasteiger partial charge in [0.25, 0.3) is 0 Å². The molecule has 0 spiro atoms. The molecule has 1 aromatic rings. The summed E-state index contributed by atoms with van der Waals surface area (Å²) in [5.41, 5.74) is 0.709. The summed E-state index contributed by atoms with van der Waals surface area (Å²) in [4.78, 5) is 11.6. The summed E-state index contributed by atoms with van der Waals surface area (Å²) in [7, 11) is 0. The Kier molecular flexibility index (Phi) is 4.96. The van der Waals surface area contributed by atoms with E-state index >= 15 is 0 Å². The van der Waals surface area contributed by atoms with Crippen molar-refractivity contribution in [3.05, 3.63) is 35.6 Å². The Labute approximate surface area is 95.9 Å². The molecule has 3 heteroatoms. The van der Waals surface area contributed by atoms with Gasteiger partial charge >= 0.3 is 0 Å². The van der Waals surface area contributed by atoms with E-state index in [1.54, 1.807) is 12.1 Å². The molecule has 0 aliphatic carbocycles. The van der Waals surface area contributed by atoms with Crippen molar-refractivity contribution in [1.82, 2.24) is 5.32 Å². The molecule has 0 saturated carbocycles. The van der Waals surface area contributed by atoms with E-state index in [-0.39, 0.29) is 24.2 Å². The van der Waals surface area contributed by atoms with Gasteiger partial charge in [-0.2, -0.15) is 0 Å². The van der Waals surface area contributed by atoms with Crippen LogP contribution in [0.5, 0.6) is 0 Å². The molecule has 0 bridgehead atoms. The van der Waals surface area contributed by atoms with Gasteiger partial charge in [-0.05, 0) is 31.0 Å². The highest BCUT2D eigenvalue weighted by molar-refractivity contribution is 5.78. The summed E-state index contributed by atoms with van der Waals surface area (Å²) in [5.74, 6) is -0.349. The van der Waals surface area contributed by atoms with Crippen LogP contribution >= 0.6 is 0 Å². The van der Waals surface area contributed by atoms with Crippen LogP contribution in [0.25, 0.3) is 0 Å². The van der Waals surface area contributed by atoms with Crippen LogP contribution in [0.1, 0.15) is 32.3 Å². The maximum atomic E-state index is 12.9. The Bertz CT molecular complexity index is 352. The van der Waals surface area contributed by atoms with Crippen LogP contribution in [0, 0.1) is 5.82 Å². The van der Waals surface area contributed by atoms with Crippen molar-refractivity contribution in [2.75, 3.05) is 0 Å². The van der Waals surface area contributed by atoms with Crippen molar-refractivity contribution in [2.45, 2.75) is 39.2 Å². The van der Waals surface area contributed by atoms with E-state index in [0.29, 0.717) is 5.56 Å². The molecule has 0 aliphatic rings. The predicted octanol–water partition coefficient (Wildman–Crippen LogP) is 2.67. The number of benzene rings is 1. The van der Waals surface area contributed by atoms with E-state index in [0.717, 1.165) is 12.8 Å². The molecule has 1 N–H and O–H groups in total. The number of nitrogens with one attached hydrogen (secondary N) is 1. The summed E-state index contributed by atoms with van der Waals surface area (Å²) < 4.78 is 12.9. The highest BCUT2D eigenvalue weighted by Crippen LogP contribution is 2.04. The highest BCUT2D eigenvalue weighted by Gasteiger charge is 2.07. The van der Waals surface area contributed by atoms with Gasteiger partial charge in [0.1, 0.15) is 5.82 Å². The summed E-state index contributed by atoms with van der Waals surface area (Å²) in [6, 6.07) is 6.33. The SMILES string of the molecule is CCCC(C)NC(=O)Cc1cccc(F)c1. The molecule has 2 nitrogen and oxygen atoms in total. The molecule has 1 amide bonds. The number of carbonyl (C=O) groups excluding carboxylic acids is 1. The average Bonchev–Trinajstić information content (AvgIpc) is 2.17. The molecule has 1 unspecified atom stereocenters. The summed E-state index contributed by atoms with van der Waals surface area (Å²) in [5, 5.41) is 2.89. The smallest absolute Gasteiger partial charge is 0.224 e. The number of carbonyl (C=O) groups is 1. The summed E-state index contributed by atoms with van der Waals surface area (Å²) in [6.07, 6.45) is 2.25. The second-order valence-corrected chi connectivity index (χ2v) is 4.06. The van der Waals surface area contributed by atoms with Crippen LogP contribution in [0.15, 0.2) is 24.3 Å². The Balaban J connectivity index is 2.45. The molecule has 1 aromatic carbocycles. The third-order valence-electron chi connectivity index (χ3n) is 2.38. The monoisotopic (exact) mass is 223 g/mol. The fourth-order valence-electron chi connectivity index (χ4n) is 1.66. The lowest BCUT2D eigenvalue weighted by Crippen LogP contribution is -2.33. The van der Waals surface area contributed by atoms with Crippen molar-refractivity contribution >= 4 is 5.91 Å². The van der Waals surface area contributed by atoms with E-state index in [1.807, 2.05) is 6.92 Å². The van der Waals surface area contributed by atoms with Crippen LogP contribution in [-0.2, 0) is 11.2 Å². The minimum absolute atomic E-state index is 0.0495. The van der Waals surface area contributed by atoms with Gasteiger partial charge in [-0.15, -0.1) is 0 Å². The normalized spacial score (nSPS) is 12.2. The Morgan fingerprint density at radius 2 is 2.25 bits per heavy atom. The summed E-state index contributed by atoms with van der Waals surface area (Å²) >= 11 is 0. The first-order valence-electron chi connectivity index (χ1n) is 5.65. The zero-order chi connectivity index (χ0) is 12.0. The fourth-order valence-corrected chi connectivity index (χ4v) is 1.66. The first kappa shape index (κ1) is 12.7. The third kappa shape index (κ3) is 4.43. The van der Waals surface area contributed by atoms with E-state index in [1.165, 1.54) is 12.1 Å². The minimum atomic E-state index is -0.299. The van der Waals surface area contributed by atoms with Gasteiger partial charge in [0, 0.05) is 6.04 Å². The van der Waals surface area contributed by atoms with Crippen LogP contribution < -0.4 is 5.32 Å². The lowest BCUT2D eigenvalue weighted by molar-refractivity contribution is -0.121. The van der Waals surface area contributed by atoms with Crippen LogP contribution in [0.4, 0.5) is 4.39 Å². The van der Waals surface area contributed by atoms with Crippen molar-refractivity contribution in [3.8, 4) is 0 Å². The molecule has 1 atom stereocenters. The van der Waals surface area contributed by atoms with E-state index in [2.05, 4.69) is 12.2 Å². The number of hydrogen-bond acceptors (Lipinski definition) is 1. The second kappa shape index (κ2) is 6.26. The maximum Gasteiger partial charge on any atom is 0.224 e. The Morgan fingerprint density at radius 3 is 2.88 bits per heavy atom. The van der Waals surface area contributed by atoms with Crippen LogP contribution in [0.2, 0.25) is 0 Å². The first-order valence-corrected chi connectivity index (χ1v) is 5.65. The second-order valence-electron chi connectivity index (χ2n) is 4.06. The Hall–Kier alpha value is -1.38. The summed E-state index contributed by atoms with van der Waals surface area (Å²) in [6.45, 7) is 4.06. The zero-order valence-corrected chi connectivity index (χ0v) is 9.79. The van der Waals surface area contributed by atoms with Gasteiger partial charge in [0.15, 0.2) is 0 Å². The quantitative estimate of drug-likeness (QED) is 0.817. The zero-order valence-electron chi connectivity index (χ0n) is 9.79. The van der Waals surface area contributed by atoms with Gasteiger partial charge in [0.05, 0.1) is 6.42 Å². The van der Waals surface area contributed by atoms with Crippen molar-refractivity contribution in [1.29, 1.82) is 0 Å². The topological polar surface area (TPSA) is 29.1 Å². The minimum Gasteiger partial charge on any atom is -0.353 e. The van der Waals surface area contributed by atoms with Crippen LogP contribution in [-0.4, -0.2) is 11.9 Å². The molecule has 16 heavy (non-hydrogen) atoms. The fraction of sp³-hybridized carbons (Fsp3) is 0.462. The van der Waals surface area contributed by atoms with E-state index in [9.17, 15) is 9.18 Å². The number of hydrogen-bond donors (Lipinski definition) is 1. The van der Waals surface area contributed by atoms with Gasteiger partial charge < -0.3 is 5.32 Å². The highest BCUT2D eigenvalue weighted by atomic mass is 19.1. The first-order chi connectivity index (χ1) is 7.61.